The van der Waals surface area contributed by atoms with Gasteiger partial charge in [0.15, 0.2) is 0 Å². The van der Waals surface area contributed by atoms with Gasteiger partial charge in [-0.2, -0.15) is 0 Å². The van der Waals surface area contributed by atoms with E-state index < -0.39 is 0 Å². The molecule has 3 heteroatoms. The molecule has 0 fully saturated rings. The van der Waals surface area contributed by atoms with Crippen LogP contribution in [0.25, 0.3) is 0 Å². The normalized spacial score (nSPS) is 11.7. The summed E-state index contributed by atoms with van der Waals surface area (Å²) in [4.78, 5) is 0. The van der Waals surface area contributed by atoms with Gasteiger partial charge in [-0.1, -0.05) is 204 Å². The molecule has 0 aromatic heterocycles. The molecule has 0 amide bonds. The summed E-state index contributed by atoms with van der Waals surface area (Å²) < 4.78 is 11.7. The van der Waals surface area contributed by atoms with Crippen molar-refractivity contribution in [1.29, 1.82) is 0 Å². The van der Waals surface area contributed by atoms with Crippen molar-refractivity contribution >= 4 is 0 Å². The minimum absolute atomic E-state index is 0.961. The minimum Gasteiger partial charge on any atom is -0.497 e. The fourth-order valence-corrected chi connectivity index (χ4v) is 8.74. The second-order valence-electron chi connectivity index (χ2n) is 18.6. The molecule has 0 heterocycles. The molecule has 0 aliphatic rings. The number of quaternary nitrogens is 1. The van der Waals surface area contributed by atoms with E-state index in [2.05, 4.69) is 62.6 Å². The first-order valence-corrected chi connectivity index (χ1v) is 25.1. The van der Waals surface area contributed by atoms with Crippen molar-refractivity contribution in [3.05, 3.63) is 59.7 Å². The highest BCUT2D eigenvalue weighted by molar-refractivity contribution is 5.27. The van der Waals surface area contributed by atoms with Crippen molar-refractivity contribution < 1.29 is 14.0 Å². The molecule has 3 nitrogen and oxygen atoms in total. The molecule has 0 aliphatic heterocycles. The number of hydrogen-bond donors (Lipinski definition) is 0. The molecule has 328 valence electrons. The van der Waals surface area contributed by atoms with Crippen molar-refractivity contribution in [3.63, 3.8) is 0 Å². The van der Waals surface area contributed by atoms with Crippen LogP contribution in [0.2, 0.25) is 0 Å². The van der Waals surface area contributed by atoms with Crippen LogP contribution < -0.4 is 9.47 Å². The zero-order valence-electron chi connectivity index (χ0n) is 38.8. The van der Waals surface area contributed by atoms with E-state index in [1.807, 2.05) is 0 Å². The molecule has 2 rings (SSSR count). The van der Waals surface area contributed by atoms with E-state index >= 15 is 0 Å². The van der Waals surface area contributed by atoms with E-state index in [9.17, 15) is 0 Å². The smallest absolute Gasteiger partial charge is 0.118 e. The number of ether oxygens (including phenoxy) is 2. The molecule has 2 aromatic rings. The predicted molar refractivity (Wildman–Crippen MR) is 252 cm³/mol. The number of methoxy groups -OCH3 is 2. The van der Waals surface area contributed by atoms with Crippen molar-refractivity contribution in [2.75, 3.05) is 41.4 Å². The molecule has 2 aromatic carbocycles. The Bertz CT molecular complexity index is 1020. The molecule has 0 aliphatic carbocycles. The monoisotopic (exact) mass is 791 g/mol. The molecule has 0 saturated carbocycles. The Morgan fingerprint density at radius 1 is 0.281 bits per heavy atom. The molecule has 57 heavy (non-hydrogen) atoms. The molecular formula is C54H96NO2+. The highest BCUT2D eigenvalue weighted by atomic mass is 16.5. The summed E-state index contributed by atoms with van der Waals surface area (Å²) in [5.41, 5.74) is 2.89. The number of unbranched alkanes of at least 4 members (excludes halogenated alkanes) is 32. The van der Waals surface area contributed by atoms with Crippen molar-refractivity contribution in [1.82, 2.24) is 0 Å². The third kappa shape index (κ3) is 31.6. The Morgan fingerprint density at radius 2 is 0.474 bits per heavy atom. The zero-order chi connectivity index (χ0) is 40.8. The van der Waals surface area contributed by atoms with E-state index in [-0.39, 0.29) is 0 Å². The second kappa shape index (κ2) is 37.0. The number of nitrogens with zero attached hydrogens (tertiary/aromatic N) is 1. The van der Waals surface area contributed by atoms with Crippen LogP contribution in [-0.4, -0.2) is 45.9 Å². The highest BCUT2D eigenvalue weighted by Crippen LogP contribution is 2.19. The van der Waals surface area contributed by atoms with Gasteiger partial charge in [0.25, 0.3) is 0 Å². The quantitative estimate of drug-likeness (QED) is 0.0493. The third-order valence-electron chi connectivity index (χ3n) is 12.8. The maximum absolute atomic E-state index is 5.25. The molecular weight excluding hydrogens is 695 g/mol. The number of aryl methyl sites for hydroxylation is 2. The Hall–Kier alpha value is -2.00. The molecule has 0 bridgehead atoms. The lowest BCUT2D eigenvalue weighted by atomic mass is 10.0. The molecule has 0 unspecified atom stereocenters. The number of benzene rings is 2. The maximum Gasteiger partial charge on any atom is 0.118 e. The molecule has 0 spiro atoms. The SMILES string of the molecule is COc1ccc(CCCCCCCCCCCCCCCCCCC[N+](C)(C)CCCCCCCCCCCCCCCCCCCc2ccc(OC)cc2)cc1. The van der Waals surface area contributed by atoms with Gasteiger partial charge < -0.3 is 14.0 Å². The molecule has 0 radical (unpaired) electrons. The van der Waals surface area contributed by atoms with Gasteiger partial charge in [-0.3, -0.25) is 0 Å². The lowest BCUT2D eigenvalue weighted by Crippen LogP contribution is -2.41. The van der Waals surface area contributed by atoms with Crippen molar-refractivity contribution in [2.45, 2.75) is 231 Å². The van der Waals surface area contributed by atoms with Gasteiger partial charge in [0, 0.05) is 0 Å². The number of rotatable bonds is 42. The van der Waals surface area contributed by atoms with Crippen molar-refractivity contribution in [2.24, 2.45) is 0 Å². The van der Waals surface area contributed by atoms with Crippen LogP contribution in [0, 0.1) is 0 Å². The second-order valence-corrected chi connectivity index (χ2v) is 18.6. The largest absolute Gasteiger partial charge is 0.497 e. The topological polar surface area (TPSA) is 18.5 Å². The Kier molecular flexibility index (Phi) is 33.2. The van der Waals surface area contributed by atoms with Crippen LogP contribution in [-0.2, 0) is 12.8 Å². The predicted octanol–water partition coefficient (Wildman–Crippen LogP) is 16.8. The van der Waals surface area contributed by atoms with E-state index in [4.69, 9.17) is 9.47 Å². The Morgan fingerprint density at radius 3 is 0.684 bits per heavy atom. The summed E-state index contributed by atoms with van der Waals surface area (Å²) in [5.74, 6) is 1.92. The van der Waals surface area contributed by atoms with Crippen LogP contribution in [0.4, 0.5) is 0 Å². The lowest BCUT2D eigenvalue weighted by Gasteiger charge is -2.30. The number of hydrogen-bond acceptors (Lipinski definition) is 2. The van der Waals surface area contributed by atoms with E-state index in [0.29, 0.717) is 0 Å². The molecule has 0 saturated heterocycles. The fourth-order valence-electron chi connectivity index (χ4n) is 8.74. The summed E-state index contributed by atoms with van der Waals surface area (Å²) in [7, 11) is 8.42. The van der Waals surface area contributed by atoms with Gasteiger partial charge in [0.05, 0.1) is 41.4 Å². The summed E-state index contributed by atoms with van der Waals surface area (Å²) in [6.45, 7) is 2.74. The summed E-state index contributed by atoms with van der Waals surface area (Å²) >= 11 is 0. The Labute approximate surface area is 356 Å². The van der Waals surface area contributed by atoms with Crippen LogP contribution in [0.5, 0.6) is 11.5 Å². The van der Waals surface area contributed by atoms with Gasteiger partial charge in [-0.05, 0) is 86.8 Å². The highest BCUT2D eigenvalue weighted by Gasteiger charge is 2.13. The van der Waals surface area contributed by atoms with Gasteiger partial charge >= 0.3 is 0 Å². The summed E-state index contributed by atoms with van der Waals surface area (Å²) in [5, 5.41) is 0. The van der Waals surface area contributed by atoms with Crippen LogP contribution in [0.3, 0.4) is 0 Å². The first kappa shape index (κ1) is 51.1. The van der Waals surface area contributed by atoms with E-state index in [0.717, 1.165) is 11.5 Å². The zero-order valence-corrected chi connectivity index (χ0v) is 38.8. The molecule has 0 N–H and O–H groups in total. The maximum atomic E-state index is 5.25. The minimum atomic E-state index is 0.961. The first-order chi connectivity index (χ1) is 28.0. The van der Waals surface area contributed by atoms with Crippen LogP contribution >= 0.6 is 0 Å². The summed E-state index contributed by atoms with van der Waals surface area (Å²) in [6.07, 6.45) is 51.3. The van der Waals surface area contributed by atoms with Crippen LogP contribution in [0.15, 0.2) is 48.5 Å². The van der Waals surface area contributed by atoms with Crippen LogP contribution in [0.1, 0.15) is 229 Å². The van der Waals surface area contributed by atoms with Gasteiger partial charge in [0.2, 0.25) is 0 Å². The van der Waals surface area contributed by atoms with E-state index in [1.165, 1.54) is 260 Å². The third-order valence-corrected chi connectivity index (χ3v) is 12.8. The Balaban J connectivity index is 1.20. The van der Waals surface area contributed by atoms with Gasteiger partial charge in [-0.25, -0.2) is 0 Å². The summed E-state index contributed by atoms with van der Waals surface area (Å²) in [6, 6.07) is 17.2. The first-order valence-electron chi connectivity index (χ1n) is 25.1. The fraction of sp³-hybridized carbons (Fsp3) is 0.778. The van der Waals surface area contributed by atoms with Gasteiger partial charge in [0.1, 0.15) is 11.5 Å². The lowest BCUT2D eigenvalue weighted by molar-refractivity contribution is -0.890. The standard InChI is InChI=1S/C54H96NO2/c1-55(2,49-37-33-29-25-21-17-13-9-5-7-11-15-19-23-27-31-35-39-51-41-45-53(56-3)46-42-51)50-38-34-30-26-22-18-14-10-6-8-12-16-20-24-28-32-36-40-52-43-47-54(57-4)48-44-52/h41-48H,5-40,49-50H2,1-4H3/q+1. The van der Waals surface area contributed by atoms with E-state index in [1.54, 1.807) is 14.2 Å². The van der Waals surface area contributed by atoms with Gasteiger partial charge in [-0.15, -0.1) is 0 Å². The average Bonchev–Trinajstić information content (AvgIpc) is 3.22. The average molecular weight is 791 g/mol. The molecule has 0 atom stereocenters. The van der Waals surface area contributed by atoms with Crippen molar-refractivity contribution in [3.8, 4) is 11.5 Å².